The molecule has 0 aromatic rings. The third-order valence-corrected chi connectivity index (χ3v) is 0. The summed E-state index contributed by atoms with van der Waals surface area (Å²) in [7, 11) is 0. The zero-order valence-corrected chi connectivity index (χ0v) is 12.3. The van der Waals surface area contributed by atoms with Gasteiger partial charge in [-0.25, -0.2) is 0 Å². The van der Waals surface area contributed by atoms with Crippen molar-refractivity contribution in [2.75, 3.05) is 0 Å². The van der Waals surface area contributed by atoms with Crippen molar-refractivity contribution in [3.8, 4) is 0 Å². The van der Waals surface area contributed by atoms with Gasteiger partial charge >= 0.3 is 118 Å². The van der Waals surface area contributed by atoms with Gasteiger partial charge in [-0.3, -0.25) is 19.2 Å². The second-order valence-corrected chi connectivity index (χ2v) is 2.08. The Labute approximate surface area is 231 Å². The number of rotatable bonds is 0. The van der Waals surface area contributed by atoms with Gasteiger partial charge in [0.25, 0.3) is 23.9 Å². The van der Waals surface area contributed by atoms with E-state index in [1.54, 1.807) is 0 Å². The molecule has 0 saturated heterocycles. The Kier molecular flexibility index (Phi) is 225. The molecule has 0 bridgehead atoms. The summed E-state index contributed by atoms with van der Waals surface area (Å²) in [5, 5.41) is 29.7. The van der Waals surface area contributed by atoms with Crippen LogP contribution in [0.25, 0.3) is 0 Å². The molecule has 0 aliphatic carbocycles. The molecule has 14 heteroatoms. The Balaban J connectivity index is -0.00000000932. The fraction of sp³-hybridized carbons (Fsp3) is 0.400. The first-order valence-corrected chi connectivity index (χ1v) is 4.21. The van der Waals surface area contributed by atoms with E-state index in [0.717, 1.165) is 27.7 Å². The standard InChI is InChI=1S/4C2H4O2.C2H4.2H3N.4Na.4H/c4*1-2(3)4;1-2;;;;;;;;;;/h4*1H3,(H,3,4);1-2H2;2*1H3;;;;;;;;. The summed E-state index contributed by atoms with van der Waals surface area (Å²) in [6.45, 7) is 10.3. The molecule has 10 N–H and O–H groups in total. The number of aliphatic carboxylic acids is 4. The molecule has 10 nitrogen and oxygen atoms in total. The van der Waals surface area contributed by atoms with Gasteiger partial charge in [-0.1, -0.05) is 0 Å². The molecular formula is C10H30N2Na4O8. The van der Waals surface area contributed by atoms with Crippen LogP contribution in [0.2, 0.25) is 0 Å². The molecule has 0 aromatic heterocycles. The predicted molar refractivity (Wildman–Crippen MR) is 103 cm³/mol. The van der Waals surface area contributed by atoms with Gasteiger partial charge in [0.1, 0.15) is 0 Å². The maximum atomic E-state index is 9.00. The Morgan fingerprint density at radius 2 is 0.500 bits per heavy atom. The van der Waals surface area contributed by atoms with E-state index in [0.29, 0.717) is 0 Å². The van der Waals surface area contributed by atoms with E-state index in [1.807, 2.05) is 0 Å². The number of carboxylic acid groups (broad SMARTS) is 4. The summed E-state index contributed by atoms with van der Waals surface area (Å²) in [6, 6.07) is 0. The van der Waals surface area contributed by atoms with Crippen molar-refractivity contribution < 1.29 is 39.6 Å². The van der Waals surface area contributed by atoms with E-state index in [1.165, 1.54) is 0 Å². The van der Waals surface area contributed by atoms with Crippen LogP contribution < -0.4 is 12.3 Å². The third kappa shape index (κ3) is 5040. The van der Waals surface area contributed by atoms with Gasteiger partial charge in [-0.2, -0.15) is 0 Å². The van der Waals surface area contributed by atoms with Crippen LogP contribution in [0.15, 0.2) is 13.2 Å². The Morgan fingerprint density at radius 1 is 0.500 bits per heavy atom. The predicted octanol–water partition coefficient (Wildman–Crippen LogP) is -1.10. The van der Waals surface area contributed by atoms with Crippen molar-refractivity contribution in [2.24, 2.45) is 0 Å². The number of carboxylic acids is 4. The zero-order chi connectivity index (χ0) is 16.3. The van der Waals surface area contributed by atoms with Crippen molar-refractivity contribution in [1.82, 2.24) is 12.3 Å². The van der Waals surface area contributed by atoms with Crippen LogP contribution in [0.3, 0.4) is 0 Å². The summed E-state index contributed by atoms with van der Waals surface area (Å²) in [5.74, 6) is -3.33. The summed E-state index contributed by atoms with van der Waals surface area (Å²) >= 11 is 0. The Hall–Kier alpha value is 1.54. The molecule has 0 aliphatic heterocycles. The van der Waals surface area contributed by atoms with Crippen LogP contribution in [0.4, 0.5) is 0 Å². The third-order valence-electron chi connectivity index (χ3n) is 0. The Bertz CT molecular complexity index is 195. The number of carbonyl (C=O) groups is 4. The normalized spacial score (nSPS) is 4.33. The minimum atomic E-state index is -0.833. The molecule has 0 spiro atoms. The summed E-state index contributed by atoms with van der Waals surface area (Å²) in [6.07, 6.45) is 0. The van der Waals surface area contributed by atoms with Crippen molar-refractivity contribution >= 4 is 142 Å². The number of hydrogen-bond donors (Lipinski definition) is 6. The average Bonchev–Trinajstić information content (AvgIpc) is 2.01. The van der Waals surface area contributed by atoms with Crippen molar-refractivity contribution in [1.29, 1.82) is 0 Å². The van der Waals surface area contributed by atoms with E-state index in [-0.39, 0.29) is 131 Å². The second-order valence-electron chi connectivity index (χ2n) is 2.08. The number of hydrogen-bond acceptors (Lipinski definition) is 6. The zero-order valence-electron chi connectivity index (χ0n) is 12.3. The summed E-state index contributed by atoms with van der Waals surface area (Å²) in [4.78, 5) is 36.0. The fourth-order valence-electron chi connectivity index (χ4n) is 0. The molecule has 0 heterocycles. The first-order chi connectivity index (χ1) is 7.93. The molecule has 0 amide bonds. The molecule has 0 rings (SSSR count). The second kappa shape index (κ2) is 74.2. The SMILES string of the molecule is C=C.CC(=O)O.CC(=O)O.CC(=O)O.CC(=O)O.N.N.[NaH].[NaH].[NaH].[NaH]. The van der Waals surface area contributed by atoms with Crippen LogP contribution in [-0.2, 0) is 19.2 Å². The topological polar surface area (TPSA) is 219 Å². The van der Waals surface area contributed by atoms with Crippen LogP contribution in [-0.4, -0.2) is 163 Å². The van der Waals surface area contributed by atoms with Gasteiger partial charge in [0.05, 0.1) is 0 Å². The molecule has 132 valence electrons. The van der Waals surface area contributed by atoms with Crippen LogP contribution in [0.1, 0.15) is 27.7 Å². The molecule has 0 aromatic carbocycles. The van der Waals surface area contributed by atoms with Gasteiger partial charge in [-0.05, 0) is 0 Å². The molecular weight excluding hydrogens is 368 g/mol. The summed E-state index contributed by atoms with van der Waals surface area (Å²) in [5.41, 5.74) is 0. The van der Waals surface area contributed by atoms with Crippen LogP contribution in [0, 0.1) is 0 Å². The quantitative estimate of drug-likeness (QED) is 0.213. The van der Waals surface area contributed by atoms with Gasteiger partial charge in [0, 0.05) is 27.7 Å². The van der Waals surface area contributed by atoms with E-state index < -0.39 is 23.9 Å². The van der Waals surface area contributed by atoms with Gasteiger partial charge < -0.3 is 32.7 Å². The minimum absolute atomic E-state index is 0. The van der Waals surface area contributed by atoms with E-state index in [9.17, 15) is 0 Å². The monoisotopic (exact) mass is 398 g/mol. The molecule has 24 heavy (non-hydrogen) atoms. The molecule has 0 fully saturated rings. The van der Waals surface area contributed by atoms with Gasteiger partial charge in [0.2, 0.25) is 0 Å². The molecule has 0 aliphatic rings. The molecule has 0 radical (unpaired) electrons. The van der Waals surface area contributed by atoms with Gasteiger partial charge in [-0.15, -0.1) is 13.2 Å². The van der Waals surface area contributed by atoms with Crippen LogP contribution in [0.5, 0.6) is 0 Å². The average molecular weight is 398 g/mol. The molecule has 0 atom stereocenters. The molecule has 0 saturated carbocycles. The first-order valence-electron chi connectivity index (χ1n) is 4.21. The van der Waals surface area contributed by atoms with Crippen LogP contribution >= 0.6 is 0 Å². The maximum absolute atomic E-state index is 9.00. The van der Waals surface area contributed by atoms with E-state index >= 15 is 0 Å². The van der Waals surface area contributed by atoms with Gasteiger partial charge in [0.15, 0.2) is 0 Å². The molecule has 0 unspecified atom stereocenters. The fourth-order valence-corrected chi connectivity index (χ4v) is 0. The van der Waals surface area contributed by atoms with E-state index in [2.05, 4.69) is 13.2 Å². The first kappa shape index (κ1) is 72.8. The van der Waals surface area contributed by atoms with Crippen molar-refractivity contribution in [3.05, 3.63) is 13.2 Å². The van der Waals surface area contributed by atoms with Crippen molar-refractivity contribution in [2.45, 2.75) is 27.7 Å². The summed E-state index contributed by atoms with van der Waals surface area (Å²) < 4.78 is 0. The van der Waals surface area contributed by atoms with E-state index in [4.69, 9.17) is 39.6 Å². The Morgan fingerprint density at radius 3 is 0.500 bits per heavy atom. The van der Waals surface area contributed by atoms with Crippen molar-refractivity contribution in [3.63, 3.8) is 0 Å².